The van der Waals surface area contributed by atoms with Crippen molar-refractivity contribution in [2.24, 2.45) is 0 Å². The van der Waals surface area contributed by atoms with Gasteiger partial charge in [0.1, 0.15) is 5.82 Å². The van der Waals surface area contributed by atoms with Crippen molar-refractivity contribution in [1.82, 2.24) is 19.6 Å². The van der Waals surface area contributed by atoms with Crippen LogP contribution in [0.3, 0.4) is 0 Å². The SMILES string of the molecule is C#CCSc1nnc2[nH]c(=O)cc(N)n12. The van der Waals surface area contributed by atoms with E-state index in [1.165, 1.54) is 17.8 Å². The second-order valence-corrected chi connectivity index (χ2v) is 3.64. The number of nitrogens with zero attached hydrogens (tertiary/aromatic N) is 3. The zero-order chi connectivity index (χ0) is 10.8. The first kappa shape index (κ1) is 9.61. The number of rotatable bonds is 2. The Hall–Kier alpha value is -1.94. The Kier molecular flexibility index (Phi) is 2.35. The summed E-state index contributed by atoms with van der Waals surface area (Å²) < 4.78 is 1.55. The summed E-state index contributed by atoms with van der Waals surface area (Å²) in [5.41, 5.74) is 5.37. The normalized spacial score (nSPS) is 10.3. The Morgan fingerprint density at radius 3 is 3.20 bits per heavy atom. The first-order valence-corrected chi connectivity index (χ1v) is 5.01. The molecule has 7 heteroatoms. The summed E-state index contributed by atoms with van der Waals surface area (Å²) in [6.45, 7) is 0. The number of H-pyrrole nitrogens is 1. The molecule has 0 aliphatic heterocycles. The lowest BCUT2D eigenvalue weighted by Gasteiger charge is -1.99. The number of nitrogens with one attached hydrogen (secondary N) is 1. The van der Waals surface area contributed by atoms with Crippen LogP contribution in [-0.4, -0.2) is 25.3 Å². The monoisotopic (exact) mass is 221 g/mol. The van der Waals surface area contributed by atoms with E-state index < -0.39 is 0 Å². The summed E-state index contributed by atoms with van der Waals surface area (Å²) in [6, 6.07) is 1.27. The molecular weight excluding hydrogens is 214 g/mol. The van der Waals surface area contributed by atoms with Gasteiger partial charge < -0.3 is 5.73 Å². The fourth-order valence-electron chi connectivity index (χ4n) is 1.13. The number of nitrogen functional groups attached to an aromatic ring is 1. The number of anilines is 1. The molecule has 0 unspecified atom stereocenters. The van der Waals surface area contributed by atoms with Gasteiger partial charge in [0.25, 0.3) is 5.56 Å². The van der Waals surface area contributed by atoms with Gasteiger partial charge in [-0.1, -0.05) is 17.7 Å². The Bertz CT molecular complexity index is 593. The maximum Gasteiger partial charge on any atom is 0.254 e. The predicted octanol–water partition coefficient (Wildman–Crippen LogP) is -0.275. The lowest BCUT2D eigenvalue weighted by molar-refractivity contribution is 0.926. The van der Waals surface area contributed by atoms with Gasteiger partial charge in [-0.15, -0.1) is 16.6 Å². The van der Waals surface area contributed by atoms with Crippen molar-refractivity contribution in [1.29, 1.82) is 0 Å². The molecule has 0 radical (unpaired) electrons. The molecule has 2 heterocycles. The molecule has 0 spiro atoms. The fourth-order valence-corrected chi connectivity index (χ4v) is 1.76. The van der Waals surface area contributed by atoms with Crippen molar-refractivity contribution in [3.05, 3.63) is 16.4 Å². The third kappa shape index (κ3) is 1.67. The lowest BCUT2D eigenvalue weighted by Crippen LogP contribution is -2.11. The van der Waals surface area contributed by atoms with E-state index in [9.17, 15) is 4.79 Å². The molecule has 0 fully saturated rings. The van der Waals surface area contributed by atoms with E-state index in [2.05, 4.69) is 21.1 Å². The minimum Gasteiger partial charge on any atom is -0.385 e. The third-order valence-corrected chi connectivity index (χ3v) is 2.52. The first-order valence-electron chi connectivity index (χ1n) is 4.02. The minimum absolute atomic E-state index is 0.290. The fraction of sp³-hybridized carbons (Fsp3) is 0.125. The summed E-state index contributed by atoms with van der Waals surface area (Å²) in [4.78, 5) is 13.6. The molecular formula is C8H7N5OS. The second kappa shape index (κ2) is 3.67. The Morgan fingerprint density at radius 2 is 2.47 bits per heavy atom. The van der Waals surface area contributed by atoms with Crippen LogP contribution in [0.25, 0.3) is 5.78 Å². The molecule has 0 aliphatic carbocycles. The average Bonchev–Trinajstić information content (AvgIpc) is 2.58. The lowest BCUT2D eigenvalue weighted by atomic mass is 10.6. The van der Waals surface area contributed by atoms with Gasteiger partial charge >= 0.3 is 0 Å². The van der Waals surface area contributed by atoms with Crippen molar-refractivity contribution in [3.63, 3.8) is 0 Å². The van der Waals surface area contributed by atoms with Crippen molar-refractivity contribution in [2.45, 2.75) is 5.16 Å². The number of terminal acetylenes is 1. The van der Waals surface area contributed by atoms with E-state index >= 15 is 0 Å². The Balaban J connectivity index is 2.60. The maximum atomic E-state index is 11.1. The van der Waals surface area contributed by atoms with E-state index in [0.29, 0.717) is 22.5 Å². The summed E-state index contributed by atoms with van der Waals surface area (Å²) in [7, 11) is 0. The van der Waals surface area contributed by atoms with Gasteiger partial charge in [-0.05, 0) is 0 Å². The molecule has 15 heavy (non-hydrogen) atoms. The van der Waals surface area contributed by atoms with Crippen LogP contribution >= 0.6 is 11.8 Å². The molecule has 0 atom stereocenters. The largest absolute Gasteiger partial charge is 0.385 e. The topological polar surface area (TPSA) is 89.1 Å². The molecule has 6 nitrogen and oxygen atoms in total. The van der Waals surface area contributed by atoms with E-state index in [-0.39, 0.29) is 5.56 Å². The average molecular weight is 221 g/mol. The molecule has 0 aliphatic rings. The molecule has 0 bridgehead atoms. The summed E-state index contributed by atoms with van der Waals surface area (Å²) in [5, 5.41) is 8.21. The van der Waals surface area contributed by atoms with Crippen LogP contribution < -0.4 is 11.3 Å². The highest BCUT2D eigenvalue weighted by Gasteiger charge is 2.08. The summed E-state index contributed by atoms with van der Waals surface area (Å²) in [6.07, 6.45) is 5.13. The standard InChI is InChI=1S/C8H7N5OS/c1-2-3-15-8-12-11-7-10-6(14)4-5(9)13(7)8/h1,4H,3,9H2,(H,10,11,14). The van der Waals surface area contributed by atoms with Crippen molar-refractivity contribution >= 4 is 23.4 Å². The molecule has 2 aromatic heterocycles. The van der Waals surface area contributed by atoms with Crippen LogP contribution in [0.15, 0.2) is 16.0 Å². The van der Waals surface area contributed by atoms with Crippen molar-refractivity contribution in [3.8, 4) is 12.3 Å². The van der Waals surface area contributed by atoms with E-state index in [1.807, 2.05) is 0 Å². The van der Waals surface area contributed by atoms with Gasteiger partial charge in [0, 0.05) is 6.07 Å². The van der Waals surface area contributed by atoms with Gasteiger partial charge in [-0.25, -0.2) is 4.40 Å². The second-order valence-electron chi connectivity index (χ2n) is 2.69. The number of fused-ring (bicyclic) bond motifs is 1. The molecule has 0 aromatic carbocycles. The van der Waals surface area contributed by atoms with Gasteiger partial charge in [-0.3, -0.25) is 9.78 Å². The predicted molar refractivity (Wildman–Crippen MR) is 57.6 cm³/mol. The number of thioether (sulfide) groups is 1. The first-order chi connectivity index (χ1) is 7.22. The highest BCUT2D eigenvalue weighted by atomic mass is 32.2. The molecule has 3 N–H and O–H groups in total. The van der Waals surface area contributed by atoms with Gasteiger partial charge in [-0.2, -0.15) is 0 Å². The quantitative estimate of drug-likeness (QED) is 0.538. The molecule has 0 saturated carbocycles. The van der Waals surface area contributed by atoms with Crippen LogP contribution in [-0.2, 0) is 0 Å². The van der Waals surface area contributed by atoms with E-state index in [0.717, 1.165) is 0 Å². The third-order valence-electron chi connectivity index (χ3n) is 1.69. The Morgan fingerprint density at radius 1 is 1.67 bits per heavy atom. The molecule has 0 saturated heterocycles. The van der Waals surface area contributed by atoms with Crippen LogP contribution in [0.2, 0.25) is 0 Å². The zero-order valence-electron chi connectivity index (χ0n) is 7.60. The summed E-state index contributed by atoms with van der Waals surface area (Å²) >= 11 is 1.33. The highest BCUT2D eigenvalue weighted by molar-refractivity contribution is 7.99. The molecule has 2 rings (SSSR count). The van der Waals surface area contributed by atoms with E-state index in [4.69, 9.17) is 12.2 Å². The summed E-state index contributed by atoms with van der Waals surface area (Å²) in [5.74, 6) is 3.55. The Labute approximate surface area is 88.9 Å². The van der Waals surface area contributed by atoms with Crippen LogP contribution in [0.1, 0.15) is 0 Å². The maximum absolute atomic E-state index is 11.1. The number of hydrogen-bond donors (Lipinski definition) is 2. The van der Waals surface area contributed by atoms with Crippen LogP contribution in [0.5, 0.6) is 0 Å². The van der Waals surface area contributed by atoms with E-state index in [1.54, 1.807) is 4.40 Å². The van der Waals surface area contributed by atoms with Crippen molar-refractivity contribution in [2.75, 3.05) is 11.5 Å². The number of nitrogens with two attached hydrogens (primary N) is 1. The molecule has 0 amide bonds. The minimum atomic E-state index is -0.305. The van der Waals surface area contributed by atoms with Crippen molar-refractivity contribution < 1.29 is 0 Å². The number of aromatic nitrogens is 4. The molecule has 76 valence electrons. The number of hydrogen-bond acceptors (Lipinski definition) is 5. The van der Waals surface area contributed by atoms with Gasteiger partial charge in [0.05, 0.1) is 5.75 Å². The molecule has 2 aromatic rings. The number of aromatic amines is 1. The van der Waals surface area contributed by atoms with Gasteiger partial charge in [0.15, 0.2) is 5.16 Å². The highest BCUT2D eigenvalue weighted by Crippen LogP contribution is 2.17. The van der Waals surface area contributed by atoms with Crippen LogP contribution in [0, 0.1) is 12.3 Å². The zero-order valence-corrected chi connectivity index (χ0v) is 8.41. The van der Waals surface area contributed by atoms with Crippen LogP contribution in [0.4, 0.5) is 5.82 Å². The smallest absolute Gasteiger partial charge is 0.254 e. The van der Waals surface area contributed by atoms with Gasteiger partial charge in [0.2, 0.25) is 5.78 Å².